The minimum absolute atomic E-state index is 0.115. The molecular formula is C17H10Cl2N2O4. The van der Waals surface area contributed by atoms with E-state index in [0.29, 0.717) is 33.0 Å². The number of carbonyl (C=O) groups excluding carboxylic acids is 1. The van der Waals surface area contributed by atoms with E-state index < -0.39 is 5.91 Å². The summed E-state index contributed by atoms with van der Waals surface area (Å²) in [4.78, 5) is 12.3. The molecule has 6 nitrogen and oxygen atoms in total. The van der Waals surface area contributed by atoms with Crippen LogP contribution < -0.4 is 14.8 Å². The molecule has 1 aliphatic heterocycles. The van der Waals surface area contributed by atoms with Crippen LogP contribution in [0.5, 0.6) is 11.5 Å². The molecule has 2 heterocycles. The predicted octanol–water partition coefficient (Wildman–Crippen LogP) is 4.63. The van der Waals surface area contributed by atoms with E-state index in [1.807, 2.05) is 0 Å². The Labute approximate surface area is 152 Å². The lowest BCUT2D eigenvalue weighted by atomic mass is 10.1. The minimum Gasteiger partial charge on any atom is -0.454 e. The molecule has 0 fully saturated rings. The molecule has 1 aliphatic rings. The summed E-state index contributed by atoms with van der Waals surface area (Å²) >= 11 is 12.0. The quantitative estimate of drug-likeness (QED) is 0.721. The van der Waals surface area contributed by atoms with Crippen molar-refractivity contribution >= 4 is 34.8 Å². The van der Waals surface area contributed by atoms with Crippen LogP contribution in [0, 0.1) is 0 Å². The van der Waals surface area contributed by atoms with Gasteiger partial charge in [-0.1, -0.05) is 28.4 Å². The Balaban J connectivity index is 1.56. The van der Waals surface area contributed by atoms with Gasteiger partial charge in [0.2, 0.25) is 6.79 Å². The molecule has 0 aliphatic carbocycles. The number of ether oxygens (including phenoxy) is 2. The Kier molecular flexibility index (Phi) is 3.99. The van der Waals surface area contributed by atoms with Gasteiger partial charge in [-0.05, 0) is 36.4 Å². The number of halogens is 2. The zero-order valence-corrected chi connectivity index (χ0v) is 14.1. The molecular weight excluding hydrogens is 367 g/mol. The largest absolute Gasteiger partial charge is 0.454 e. The number of amides is 1. The van der Waals surface area contributed by atoms with E-state index in [0.717, 1.165) is 5.56 Å². The number of nitrogens with zero attached hydrogens (tertiary/aromatic N) is 1. The van der Waals surface area contributed by atoms with Crippen LogP contribution in [0.15, 0.2) is 47.0 Å². The molecule has 0 spiro atoms. The summed E-state index contributed by atoms with van der Waals surface area (Å²) < 4.78 is 15.8. The Morgan fingerprint density at radius 1 is 1.04 bits per heavy atom. The molecule has 1 amide bonds. The fourth-order valence-corrected chi connectivity index (χ4v) is 2.68. The third-order valence-electron chi connectivity index (χ3n) is 3.58. The molecule has 0 radical (unpaired) electrons. The first-order valence-corrected chi connectivity index (χ1v) is 7.99. The van der Waals surface area contributed by atoms with E-state index in [1.165, 1.54) is 6.07 Å². The average Bonchev–Trinajstić information content (AvgIpc) is 3.26. The van der Waals surface area contributed by atoms with Crippen molar-refractivity contribution in [2.24, 2.45) is 0 Å². The number of nitrogens with one attached hydrogen (secondary N) is 1. The molecule has 3 aromatic rings. The molecule has 0 saturated heterocycles. The average molecular weight is 377 g/mol. The van der Waals surface area contributed by atoms with Crippen LogP contribution >= 0.6 is 23.2 Å². The second-order valence-electron chi connectivity index (χ2n) is 5.22. The Morgan fingerprint density at radius 2 is 1.88 bits per heavy atom. The second kappa shape index (κ2) is 6.31. The summed E-state index contributed by atoms with van der Waals surface area (Å²) in [6, 6.07) is 11.6. The summed E-state index contributed by atoms with van der Waals surface area (Å²) in [6.45, 7) is 0.184. The highest BCUT2D eigenvalue weighted by molar-refractivity contribution is 6.35. The lowest BCUT2D eigenvalue weighted by Crippen LogP contribution is -2.12. The van der Waals surface area contributed by atoms with Crippen molar-refractivity contribution in [1.29, 1.82) is 0 Å². The number of anilines is 1. The van der Waals surface area contributed by atoms with Gasteiger partial charge >= 0.3 is 0 Å². The first kappa shape index (κ1) is 15.8. The van der Waals surface area contributed by atoms with E-state index in [2.05, 4.69) is 10.5 Å². The summed E-state index contributed by atoms with van der Waals surface area (Å²) in [5, 5.41) is 7.28. The lowest BCUT2D eigenvalue weighted by molar-refractivity contribution is 0.101. The fourth-order valence-electron chi connectivity index (χ4n) is 2.35. The summed E-state index contributed by atoms with van der Waals surface area (Å²) in [6.07, 6.45) is 0. The Morgan fingerprint density at radius 3 is 2.76 bits per heavy atom. The molecule has 4 rings (SSSR count). The molecule has 126 valence electrons. The number of rotatable bonds is 3. The smallest absolute Gasteiger partial charge is 0.277 e. The number of hydrogen-bond acceptors (Lipinski definition) is 5. The summed E-state index contributed by atoms with van der Waals surface area (Å²) in [7, 11) is 0. The van der Waals surface area contributed by atoms with Gasteiger partial charge in [0.15, 0.2) is 23.0 Å². The van der Waals surface area contributed by atoms with Crippen LogP contribution in [0.2, 0.25) is 10.0 Å². The molecule has 2 aromatic carbocycles. The van der Waals surface area contributed by atoms with E-state index in [9.17, 15) is 4.79 Å². The standard InChI is InChI=1S/C17H10Cl2N2O4/c18-10-2-3-11(19)12(6-10)20-17(22)13-7-15(25-21-13)9-1-4-14-16(5-9)24-8-23-14/h1-7H,8H2,(H,20,22). The highest BCUT2D eigenvalue weighted by atomic mass is 35.5. The van der Waals surface area contributed by atoms with Crippen molar-refractivity contribution in [2.45, 2.75) is 0 Å². The maximum atomic E-state index is 12.3. The third kappa shape index (κ3) is 3.14. The van der Waals surface area contributed by atoms with Gasteiger partial charge in [-0.15, -0.1) is 0 Å². The van der Waals surface area contributed by atoms with Crippen molar-refractivity contribution in [1.82, 2.24) is 5.16 Å². The number of carbonyl (C=O) groups is 1. The van der Waals surface area contributed by atoms with Crippen molar-refractivity contribution in [3.8, 4) is 22.8 Å². The maximum absolute atomic E-state index is 12.3. The minimum atomic E-state index is -0.458. The van der Waals surface area contributed by atoms with E-state index in [4.69, 9.17) is 37.2 Å². The first-order chi connectivity index (χ1) is 12.1. The monoisotopic (exact) mass is 376 g/mol. The molecule has 25 heavy (non-hydrogen) atoms. The Hall–Kier alpha value is -2.70. The van der Waals surface area contributed by atoms with Gasteiger partial charge < -0.3 is 19.3 Å². The molecule has 0 unspecified atom stereocenters. The first-order valence-electron chi connectivity index (χ1n) is 7.23. The van der Waals surface area contributed by atoms with E-state index >= 15 is 0 Å². The Bertz CT molecular complexity index is 971. The molecule has 1 N–H and O–H groups in total. The normalized spacial score (nSPS) is 12.2. The van der Waals surface area contributed by atoms with Crippen molar-refractivity contribution in [2.75, 3.05) is 12.1 Å². The predicted molar refractivity (Wildman–Crippen MR) is 92.5 cm³/mol. The highest BCUT2D eigenvalue weighted by Crippen LogP contribution is 2.36. The van der Waals surface area contributed by atoms with Gasteiger partial charge in [0.1, 0.15) is 0 Å². The number of aromatic nitrogens is 1. The molecule has 0 saturated carbocycles. The number of benzene rings is 2. The van der Waals surface area contributed by atoms with Crippen molar-refractivity contribution in [3.05, 3.63) is 58.2 Å². The van der Waals surface area contributed by atoms with Crippen LogP contribution in [-0.2, 0) is 0 Å². The topological polar surface area (TPSA) is 73.6 Å². The van der Waals surface area contributed by atoms with Crippen LogP contribution in [0.3, 0.4) is 0 Å². The second-order valence-corrected chi connectivity index (χ2v) is 6.07. The van der Waals surface area contributed by atoms with E-state index in [-0.39, 0.29) is 12.5 Å². The zero-order chi connectivity index (χ0) is 17.4. The summed E-state index contributed by atoms with van der Waals surface area (Å²) in [5.74, 6) is 1.25. The number of fused-ring (bicyclic) bond motifs is 1. The van der Waals surface area contributed by atoms with Gasteiger partial charge in [-0.3, -0.25) is 4.79 Å². The van der Waals surface area contributed by atoms with Crippen molar-refractivity contribution < 1.29 is 18.8 Å². The zero-order valence-electron chi connectivity index (χ0n) is 12.6. The molecule has 8 heteroatoms. The van der Waals surface area contributed by atoms with Crippen LogP contribution in [0.1, 0.15) is 10.5 Å². The van der Waals surface area contributed by atoms with Crippen LogP contribution in [0.25, 0.3) is 11.3 Å². The van der Waals surface area contributed by atoms with E-state index in [1.54, 1.807) is 36.4 Å². The highest BCUT2D eigenvalue weighted by Gasteiger charge is 2.18. The SMILES string of the molecule is O=C(Nc1cc(Cl)ccc1Cl)c1cc(-c2ccc3c(c2)OCO3)on1. The van der Waals surface area contributed by atoms with Crippen LogP contribution in [-0.4, -0.2) is 17.9 Å². The summed E-state index contributed by atoms with van der Waals surface area (Å²) in [5.41, 5.74) is 1.23. The van der Waals surface area contributed by atoms with Crippen molar-refractivity contribution in [3.63, 3.8) is 0 Å². The van der Waals surface area contributed by atoms with Crippen LogP contribution in [0.4, 0.5) is 5.69 Å². The van der Waals surface area contributed by atoms with Gasteiger partial charge in [-0.25, -0.2) is 0 Å². The van der Waals surface area contributed by atoms with Gasteiger partial charge in [0, 0.05) is 16.7 Å². The van der Waals surface area contributed by atoms with Gasteiger partial charge in [-0.2, -0.15) is 0 Å². The number of hydrogen-bond donors (Lipinski definition) is 1. The van der Waals surface area contributed by atoms with Gasteiger partial charge in [0.25, 0.3) is 5.91 Å². The molecule has 1 aromatic heterocycles. The third-order valence-corrected chi connectivity index (χ3v) is 4.14. The fraction of sp³-hybridized carbons (Fsp3) is 0.0588. The molecule has 0 atom stereocenters. The maximum Gasteiger partial charge on any atom is 0.277 e. The van der Waals surface area contributed by atoms with Gasteiger partial charge in [0.05, 0.1) is 10.7 Å². The lowest BCUT2D eigenvalue weighted by Gasteiger charge is -2.05. The molecule has 0 bridgehead atoms.